The summed E-state index contributed by atoms with van der Waals surface area (Å²) in [6, 6.07) is 5.97. The van der Waals surface area contributed by atoms with Crippen LogP contribution in [0.2, 0.25) is 5.02 Å². The summed E-state index contributed by atoms with van der Waals surface area (Å²) in [7, 11) is 1.65. The van der Waals surface area contributed by atoms with Crippen molar-refractivity contribution in [2.24, 2.45) is 0 Å². The lowest BCUT2D eigenvalue weighted by molar-refractivity contribution is 0.411. The molecule has 1 aromatic heterocycles. The standard InChI is InChI=1S/C15H20ClN3O/c1-10(2)17-8-12-9-18-19(11(12)3)14-7-13(16)5-6-15(14)20-4/h5-7,9-10,17H,8H2,1-4H3. The SMILES string of the molecule is COc1ccc(Cl)cc1-n1ncc(CNC(C)C)c1C. The van der Waals surface area contributed by atoms with Crippen LogP contribution in [0, 0.1) is 6.92 Å². The molecule has 0 amide bonds. The molecule has 1 N–H and O–H groups in total. The minimum atomic E-state index is 0.443. The van der Waals surface area contributed by atoms with Gasteiger partial charge in [-0.1, -0.05) is 25.4 Å². The number of rotatable bonds is 5. The van der Waals surface area contributed by atoms with Crippen LogP contribution in [0.4, 0.5) is 0 Å². The van der Waals surface area contributed by atoms with Gasteiger partial charge in [0.25, 0.3) is 0 Å². The first kappa shape index (κ1) is 14.9. The zero-order valence-electron chi connectivity index (χ0n) is 12.3. The van der Waals surface area contributed by atoms with E-state index in [9.17, 15) is 0 Å². The third-order valence-electron chi connectivity index (χ3n) is 3.18. The molecule has 2 aromatic rings. The Morgan fingerprint density at radius 2 is 2.15 bits per heavy atom. The zero-order chi connectivity index (χ0) is 14.7. The van der Waals surface area contributed by atoms with Crippen LogP contribution >= 0.6 is 11.6 Å². The Kier molecular flexibility index (Phi) is 4.68. The van der Waals surface area contributed by atoms with Gasteiger partial charge in [-0.3, -0.25) is 0 Å². The fourth-order valence-corrected chi connectivity index (χ4v) is 2.17. The number of hydrogen-bond acceptors (Lipinski definition) is 3. The van der Waals surface area contributed by atoms with Gasteiger partial charge in [0.2, 0.25) is 0 Å². The number of methoxy groups -OCH3 is 1. The van der Waals surface area contributed by atoms with E-state index in [1.807, 2.05) is 36.0 Å². The molecule has 2 rings (SSSR count). The van der Waals surface area contributed by atoms with Gasteiger partial charge in [0, 0.05) is 28.9 Å². The third-order valence-corrected chi connectivity index (χ3v) is 3.42. The van der Waals surface area contributed by atoms with Crippen LogP contribution in [-0.4, -0.2) is 22.9 Å². The lowest BCUT2D eigenvalue weighted by atomic mass is 10.2. The monoisotopic (exact) mass is 293 g/mol. The second-order valence-corrected chi connectivity index (χ2v) is 5.46. The molecule has 4 nitrogen and oxygen atoms in total. The van der Waals surface area contributed by atoms with E-state index in [4.69, 9.17) is 16.3 Å². The first-order chi connectivity index (χ1) is 9.52. The number of halogens is 1. The fraction of sp³-hybridized carbons (Fsp3) is 0.400. The molecular formula is C15H20ClN3O. The Morgan fingerprint density at radius 1 is 1.40 bits per heavy atom. The van der Waals surface area contributed by atoms with Crippen molar-refractivity contribution in [3.8, 4) is 11.4 Å². The summed E-state index contributed by atoms with van der Waals surface area (Å²) in [5, 5.41) is 8.51. The van der Waals surface area contributed by atoms with Gasteiger partial charge in [-0.25, -0.2) is 4.68 Å². The normalized spacial score (nSPS) is 11.1. The van der Waals surface area contributed by atoms with Gasteiger partial charge in [0.1, 0.15) is 11.4 Å². The van der Waals surface area contributed by atoms with Crippen LogP contribution in [0.1, 0.15) is 25.1 Å². The molecule has 1 aromatic carbocycles. The van der Waals surface area contributed by atoms with Crippen molar-refractivity contribution in [1.82, 2.24) is 15.1 Å². The van der Waals surface area contributed by atoms with E-state index in [2.05, 4.69) is 24.3 Å². The molecule has 20 heavy (non-hydrogen) atoms. The summed E-state index contributed by atoms with van der Waals surface area (Å²) in [5.41, 5.74) is 3.10. The smallest absolute Gasteiger partial charge is 0.144 e. The Hall–Kier alpha value is -1.52. The molecule has 0 aliphatic heterocycles. The van der Waals surface area contributed by atoms with E-state index in [1.54, 1.807) is 7.11 Å². The van der Waals surface area contributed by atoms with Crippen LogP contribution in [0.25, 0.3) is 5.69 Å². The van der Waals surface area contributed by atoms with Crippen molar-refractivity contribution in [2.75, 3.05) is 7.11 Å². The third kappa shape index (κ3) is 3.14. The average molecular weight is 294 g/mol. The summed E-state index contributed by atoms with van der Waals surface area (Å²) >= 11 is 6.08. The van der Waals surface area contributed by atoms with Crippen LogP contribution in [0.5, 0.6) is 5.75 Å². The highest BCUT2D eigenvalue weighted by atomic mass is 35.5. The van der Waals surface area contributed by atoms with Crippen molar-refractivity contribution in [2.45, 2.75) is 33.4 Å². The van der Waals surface area contributed by atoms with Crippen molar-refractivity contribution >= 4 is 11.6 Å². The first-order valence-electron chi connectivity index (χ1n) is 6.63. The topological polar surface area (TPSA) is 39.1 Å². The second-order valence-electron chi connectivity index (χ2n) is 5.02. The molecule has 5 heteroatoms. The lowest BCUT2D eigenvalue weighted by Gasteiger charge is -2.12. The van der Waals surface area contributed by atoms with Crippen LogP contribution in [-0.2, 0) is 6.54 Å². The molecule has 0 atom stereocenters. The quantitative estimate of drug-likeness (QED) is 0.919. The van der Waals surface area contributed by atoms with E-state index in [0.29, 0.717) is 11.1 Å². The Bertz CT molecular complexity index is 593. The van der Waals surface area contributed by atoms with Crippen LogP contribution in [0.15, 0.2) is 24.4 Å². The number of nitrogens with one attached hydrogen (secondary N) is 1. The molecule has 0 spiro atoms. The fourth-order valence-electron chi connectivity index (χ4n) is 2.00. The molecule has 0 radical (unpaired) electrons. The molecule has 0 fully saturated rings. The molecular weight excluding hydrogens is 274 g/mol. The Labute approximate surface area is 124 Å². The molecule has 0 saturated carbocycles. The van der Waals surface area contributed by atoms with Crippen molar-refractivity contribution in [3.05, 3.63) is 40.7 Å². The van der Waals surface area contributed by atoms with E-state index < -0.39 is 0 Å². The Balaban J connectivity index is 2.36. The minimum absolute atomic E-state index is 0.443. The lowest BCUT2D eigenvalue weighted by Crippen LogP contribution is -2.22. The summed E-state index contributed by atoms with van der Waals surface area (Å²) < 4.78 is 7.25. The van der Waals surface area contributed by atoms with Gasteiger partial charge in [0.05, 0.1) is 13.3 Å². The summed E-state index contributed by atoms with van der Waals surface area (Å²) in [6.45, 7) is 7.09. The number of hydrogen-bond donors (Lipinski definition) is 1. The van der Waals surface area contributed by atoms with Crippen molar-refractivity contribution in [1.29, 1.82) is 0 Å². The predicted molar refractivity (Wildman–Crippen MR) is 81.8 cm³/mol. The van der Waals surface area contributed by atoms with Gasteiger partial charge in [-0.2, -0.15) is 5.10 Å². The Morgan fingerprint density at radius 3 is 2.80 bits per heavy atom. The highest BCUT2D eigenvalue weighted by molar-refractivity contribution is 6.30. The summed E-state index contributed by atoms with van der Waals surface area (Å²) in [5.74, 6) is 0.754. The second kappa shape index (κ2) is 6.29. The van der Waals surface area contributed by atoms with E-state index in [-0.39, 0.29) is 0 Å². The first-order valence-corrected chi connectivity index (χ1v) is 7.01. The summed E-state index contributed by atoms with van der Waals surface area (Å²) in [4.78, 5) is 0. The van der Waals surface area contributed by atoms with E-state index >= 15 is 0 Å². The summed E-state index contributed by atoms with van der Waals surface area (Å²) in [6.07, 6.45) is 1.88. The molecule has 108 valence electrons. The number of aromatic nitrogens is 2. The largest absolute Gasteiger partial charge is 0.494 e. The molecule has 0 unspecified atom stereocenters. The number of benzene rings is 1. The maximum Gasteiger partial charge on any atom is 0.144 e. The number of ether oxygens (including phenoxy) is 1. The van der Waals surface area contributed by atoms with Gasteiger partial charge in [-0.05, 0) is 25.1 Å². The minimum Gasteiger partial charge on any atom is -0.494 e. The maximum atomic E-state index is 6.08. The highest BCUT2D eigenvalue weighted by Crippen LogP contribution is 2.27. The van der Waals surface area contributed by atoms with Gasteiger partial charge in [0.15, 0.2) is 0 Å². The highest BCUT2D eigenvalue weighted by Gasteiger charge is 2.12. The van der Waals surface area contributed by atoms with Crippen LogP contribution in [0.3, 0.4) is 0 Å². The van der Waals surface area contributed by atoms with Gasteiger partial charge in [-0.15, -0.1) is 0 Å². The van der Waals surface area contributed by atoms with Gasteiger partial charge < -0.3 is 10.1 Å². The molecule has 0 bridgehead atoms. The predicted octanol–water partition coefficient (Wildman–Crippen LogP) is 3.34. The molecule has 0 aliphatic rings. The average Bonchev–Trinajstić information content (AvgIpc) is 2.77. The zero-order valence-corrected chi connectivity index (χ0v) is 13.0. The van der Waals surface area contributed by atoms with E-state index in [1.165, 1.54) is 5.56 Å². The van der Waals surface area contributed by atoms with Gasteiger partial charge >= 0.3 is 0 Å². The molecule has 0 saturated heterocycles. The number of nitrogens with zero attached hydrogens (tertiary/aromatic N) is 2. The molecule has 0 aliphatic carbocycles. The van der Waals surface area contributed by atoms with Crippen LogP contribution < -0.4 is 10.1 Å². The maximum absolute atomic E-state index is 6.08. The van der Waals surface area contributed by atoms with E-state index in [0.717, 1.165) is 23.7 Å². The van der Waals surface area contributed by atoms with Crippen molar-refractivity contribution < 1.29 is 4.74 Å². The van der Waals surface area contributed by atoms with Crippen molar-refractivity contribution in [3.63, 3.8) is 0 Å². The molecule has 1 heterocycles.